The van der Waals surface area contributed by atoms with Crippen LogP contribution in [0.5, 0.6) is 0 Å². The van der Waals surface area contributed by atoms with Crippen LogP contribution in [0.3, 0.4) is 0 Å². The van der Waals surface area contributed by atoms with Gasteiger partial charge in [0.2, 0.25) is 5.91 Å². The highest BCUT2D eigenvalue weighted by Crippen LogP contribution is 2.35. The summed E-state index contributed by atoms with van der Waals surface area (Å²) >= 11 is 0. The van der Waals surface area contributed by atoms with Gasteiger partial charge in [0.1, 0.15) is 0 Å². The van der Waals surface area contributed by atoms with Gasteiger partial charge in [-0.05, 0) is 43.6 Å². The fourth-order valence-electron chi connectivity index (χ4n) is 2.35. The quantitative estimate of drug-likeness (QED) is 0.826. The van der Waals surface area contributed by atoms with Gasteiger partial charge in [-0.15, -0.1) is 0 Å². The summed E-state index contributed by atoms with van der Waals surface area (Å²) < 4.78 is 0. The molecule has 1 unspecified atom stereocenters. The first-order valence-electron chi connectivity index (χ1n) is 6.67. The van der Waals surface area contributed by atoms with Crippen LogP contribution in [0.25, 0.3) is 0 Å². The lowest BCUT2D eigenvalue weighted by Gasteiger charge is -2.18. The van der Waals surface area contributed by atoms with Crippen molar-refractivity contribution in [2.75, 3.05) is 0 Å². The number of benzene rings is 1. The van der Waals surface area contributed by atoms with E-state index in [0.717, 1.165) is 25.2 Å². The van der Waals surface area contributed by atoms with E-state index in [1.165, 1.54) is 18.4 Å². The maximum Gasteiger partial charge on any atom is 0.223 e. The van der Waals surface area contributed by atoms with Gasteiger partial charge in [0.15, 0.2) is 0 Å². The second kappa shape index (κ2) is 4.52. The average Bonchev–Trinajstić information content (AvgIpc) is 3.19. The fourth-order valence-corrected chi connectivity index (χ4v) is 2.35. The SMILES string of the molecule is O=C(NC(Cc1ccccc1)C1CC1)C1CC1. The molecule has 17 heavy (non-hydrogen) atoms. The number of hydrogen-bond acceptors (Lipinski definition) is 1. The van der Waals surface area contributed by atoms with Crippen LogP contribution in [0.1, 0.15) is 31.2 Å². The van der Waals surface area contributed by atoms with E-state index in [1.807, 2.05) is 6.07 Å². The lowest BCUT2D eigenvalue weighted by atomic mass is 10.0. The zero-order valence-electron chi connectivity index (χ0n) is 10.1. The van der Waals surface area contributed by atoms with E-state index in [-0.39, 0.29) is 5.91 Å². The lowest BCUT2D eigenvalue weighted by Crippen LogP contribution is -2.38. The van der Waals surface area contributed by atoms with Gasteiger partial charge in [0.25, 0.3) is 0 Å². The molecule has 0 heterocycles. The number of hydrogen-bond donors (Lipinski definition) is 1. The molecule has 0 saturated heterocycles. The van der Waals surface area contributed by atoms with Crippen LogP contribution >= 0.6 is 0 Å². The topological polar surface area (TPSA) is 29.1 Å². The Morgan fingerprint density at radius 2 is 1.88 bits per heavy atom. The minimum atomic E-state index is 0.290. The molecule has 2 fully saturated rings. The normalized spacial score (nSPS) is 20.9. The number of rotatable bonds is 5. The molecule has 1 aromatic rings. The smallest absolute Gasteiger partial charge is 0.223 e. The Morgan fingerprint density at radius 3 is 2.47 bits per heavy atom. The Kier molecular flexibility index (Phi) is 2.87. The molecule has 2 saturated carbocycles. The molecule has 0 bridgehead atoms. The second-order valence-corrected chi connectivity index (χ2v) is 5.42. The first-order valence-corrected chi connectivity index (χ1v) is 6.67. The molecule has 1 N–H and O–H groups in total. The van der Waals surface area contributed by atoms with Crippen molar-refractivity contribution >= 4 is 5.91 Å². The molecule has 2 aliphatic rings. The van der Waals surface area contributed by atoms with E-state index >= 15 is 0 Å². The van der Waals surface area contributed by atoms with E-state index in [9.17, 15) is 4.79 Å². The van der Waals surface area contributed by atoms with Crippen LogP contribution in [0.15, 0.2) is 30.3 Å². The van der Waals surface area contributed by atoms with Crippen molar-refractivity contribution < 1.29 is 4.79 Å². The van der Waals surface area contributed by atoms with Crippen LogP contribution in [-0.2, 0) is 11.2 Å². The first kappa shape index (κ1) is 10.8. The molecule has 1 aromatic carbocycles. The highest BCUT2D eigenvalue weighted by atomic mass is 16.2. The number of nitrogens with one attached hydrogen (secondary N) is 1. The molecule has 0 aliphatic heterocycles. The van der Waals surface area contributed by atoms with Crippen molar-refractivity contribution in [2.45, 2.75) is 38.1 Å². The van der Waals surface area contributed by atoms with E-state index < -0.39 is 0 Å². The summed E-state index contributed by atoms with van der Waals surface area (Å²) in [5.74, 6) is 1.34. The van der Waals surface area contributed by atoms with Crippen molar-refractivity contribution in [2.24, 2.45) is 11.8 Å². The summed E-state index contributed by atoms with van der Waals surface area (Å²) in [4.78, 5) is 11.8. The Balaban J connectivity index is 1.61. The highest BCUT2D eigenvalue weighted by molar-refractivity contribution is 5.81. The highest BCUT2D eigenvalue weighted by Gasteiger charge is 2.36. The van der Waals surface area contributed by atoms with Crippen LogP contribution in [-0.4, -0.2) is 11.9 Å². The third-order valence-electron chi connectivity index (χ3n) is 3.77. The van der Waals surface area contributed by atoms with Gasteiger partial charge in [0, 0.05) is 12.0 Å². The van der Waals surface area contributed by atoms with E-state index in [2.05, 4.69) is 29.6 Å². The van der Waals surface area contributed by atoms with Crippen molar-refractivity contribution in [1.82, 2.24) is 5.32 Å². The summed E-state index contributed by atoms with van der Waals surface area (Å²) in [7, 11) is 0. The summed E-state index contributed by atoms with van der Waals surface area (Å²) in [5, 5.41) is 3.25. The van der Waals surface area contributed by atoms with E-state index in [1.54, 1.807) is 0 Å². The number of carbonyl (C=O) groups is 1. The minimum Gasteiger partial charge on any atom is -0.353 e. The van der Waals surface area contributed by atoms with Gasteiger partial charge in [-0.3, -0.25) is 4.79 Å². The summed E-state index contributed by atoms with van der Waals surface area (Å²) in [5.41, 5.74) is 1.33. The van der Waals surface area contributed by atoms with Gasteiger partial charge in [-0.1, -0.05) is 30.3 Å². The maximum absolute atomic E-state index is 11.8. The molecular formula is C15H19NO. The van der Waals surface area contributed by atoms with Gasteiger partial charge in [-0.2, -0.15) is 0 Å². The van der Waals surface area contributed by atoms with Gasteiger partial charge >= 0.3 is 0 Å². The Bertz CT molecular complexity index is 393. The Labute approximate surface area is 102 Å². The van der Waals surface area contributed by atoms with Crippen molar-refractivity contribution in [3.8, 4) is 0 Å². The van der Waals surface area contributed by atoms with Crippen LogP contribution in [0, 0.1) is 11.8 Å². The predicted molar refractivity (Wildman–Crippen MR) is 67.5 cm³/mol. The van der Waals surface area contributed by atoms with Crippen LogP contribution < -0.4 is 5.32 Å². The molecule has 3 rings (SSSR count). The molecule has 2 heteroatoms. The van der Waals surface area contributed by atoms with Crippen molar-refractivity contribution in [3.05, 3.63) is 35.9 Å². The second-order valence-electron chi connectivity index (χ2n) is 5.42. The van der Waals surface area contributed by atoms with E-state index in [4.69, 9.17) is 0 Å². The molecule has 0 aromatic heterocycles. The third-order valence-corrected chi connectivity index (χ3v) is 3.77. The molecule has 0 spiro atoms. The first-order chi connectivity index (χ1) is 8.33. The summed E-state index contributed by atoms with van der Waals surface area (Å²) in [6, 6.07) is 10.9. The fraction of sp³-hybridized carbons (Fsp3) is 0.533. The van der Waals surface area contributed by atoms with Gasteiger partial charge in [0.05, 0.1) is 0 Å². The van der Waals surface area contributed by atoms with Crippen LogP contribution in [0.2, 0.25) is 0 Å². The molecule has 2 nitrogen and oxygen atoms in total. The molecule has 0 radical (unpaired) electrons. The van der Waals surface area contributed by atoms with E-state index in [0.29, 0.717) is 12.0 Å². The van der Waals surface area contributed by atoms with Gasteiger partial charge in [-0.25, -0.2) is 0 Å². The molecular weight excluding hydrogens is 210 g/mol. The standard InChI is InChI=1S/C15H19NO/c17-15(13-8-9-13)16-14(12-6-7-12)10-11-4-2-1-3-5-11/h1-5,12-14H,6-10H2,(H,16,17). The largest absolute Gasteiger partial charge is 0.353 e. The molecule has 1 atom stereocenters. The zero-order valence-corrected chi connectivity index (χ0v) is 10.1. The lowest BCUT2D eigenvalue weighted by molar-refractivity contribution is -0.123. The number of amides is 1. The zero-order chi connectivity index (χ0) is 11.7. The Morgan fingerprint density at radius 1 is 1.18 bits per heavy atom. The van der Waals surface area contributed by atoms with Crippen molar-refractivity contribution in [1.29, 1.82) is 0 Å². The van der Waals surface area contributed by atoms with Gasteiger partial charge < -0.3 is 5.32 Å². The van der Waals surface area contributed by atoms with Crippen molar-refractivity contribution in [3.63, 3.8) is 0 Å². The molecule has 90 valence electrons. The van der Waals surface area contributed by atoms with Crippen LogP contribution in [0.4, 0.5) is 0 Å². The Hall–Kier alpha value is -1.31. The minimum absolute atomic E-state index is 0.290. The summed E-state index contributed by atoms with van der Waals surface area (Å²) in [6.45, 7) is 0. The molecule has 1 amide bonds. The predicted octanol–water partition coefficient (Wildman–Crippen LogP) is 2.53. The molecule has 2 aliphatic carbocycles. The third kappa shape index (κ3) is 2.87. The maximum atomic E-state index is 11.8. The summed E-state index contributed by atoms with van der Waals surface area (Å²) in [6.07, 6.45) is 5.73. The monoisotopic (exact) mass is 229 g/mol. The number of carbonyl (C=O) groups excluding carboxylic acids is 1. The average molecular weight is 229 g/mol.